The molecule has 0 unspecified atom stereocenters. The predicted molar refractivity (Wildman–Crippen MR) is 61.9 cm³/mol. The van der Waals surface area contributed by atoms with Crippen LogP contribution in [0.2, 0.25) is 0 Å². The van der Waals surface area contributed by atoms with Gasteiger partial charge in [0, 0.05) is 12.6 Å². The van der Waals surface area contributed by atoms with Crippen molar-refractivity contribution in [1.82, 2.24) is 5.32 Å². The molecule has 1 aliphatic carbocycles. The van der Waals surface area contributed by atoms with E-state index in [0.717, 1.165) is 18.6 Å². The number of amides is 1. The number of carbonyl (C=O) groups excluding carboxylic acids is 1. The highest BCUT2D eigenvalue weighted by atomic mass is 19.1. The molecule has 0 aromatic heterocycles. The van der Waals surface area contributed by atoms with E-state index < -0.39 is 17.2 Å². The first kappa shape index (κ1) is 13.0. The molecule has 18 heavy (non-hydrogen) atoms. The Hall–Kier alpha value is -1.49. The summed E-state index contributed by atoms with van der Waals surface area (Å²) in [6, 6.07) is 3.12. The average molecular weight is 255 g/mol. The Labute approximate surface area is 104 Å². The van der Waals surface area contributed by atoms with Crippen LogP contribution in [0.4, 0.5) is 8.78 Å². The van der Waals surface area contributed by atoms with E-state index in [-0.39, 0.29) is 24.4 Å². The van der Waals surface area contributed by atoms with Gasteiger partial charge in [-0.2, -0.15) is 0 Å². The van der Waals surface area contributed by atoms with Gasteiger partial charge >= 0.3 is 0 Å². The summed E-state index contributed by atoms with van der Waals surface area (Å²) in [5.74, 6) is -1.77. The summed E-state index contributed by atoms with van der Waals surface area (Å²) in [5, 5.41) is 12.3. The minimum atomic E-state index is -0.795. The minimum absolute atomic E-state index is 0.148. The number of nitrogens with one attached hydrogen (secondary N) is 1. The first-order valence-electron chi connectivity index (χ1n) is 5.92. The van der Waals surface area contributed by atoms with Crippen LogP contribution in [0.3, 0.4) is 0 Å². The maximum atomic E-state index is 13.3. The van der Waals surface area contributed by atoms with Gasteiger partial charge in [-0.3, -0.25) is 4.79 Å². The Morgan fingerprint density at radius 3 is 2.67 bits per heavy atom. The van der Waals surface area contributed by atoms with Crippen LogP contribution in [0.25, 0.3) is 0 Å². The monoisotopic (exact) mass is 255 g/mol. The van der Waals surface area contributed by atoms with Crippen molar-refractivity contribution in [3.63, 3.8) is 0 Å². The van der Waals surface area contributed by atoms with Crippen LogP contribution < -0.4 is 5.32 Å². The molecule has 98 valence electrons. The molecule has 3 nitrogen and oxygen atoms in total. The highest BCUT2D eigenvalue weighted by molar-refractivity contribution is 5.78. The van der Waals surface area contributed by atoms with Gasteiger partial charge in [0.25, 0.3) is 0 Å². The quantitative estimate of drug-likeness (QED) is 0.857. The molecule has 1 aliphatic rings. The Morgan fingerprint density at radius 2 is 2.11 bits per heavy atom. The molecule has 0 saturated heterocycles. The Kier molecular flexibility index (Phi) is 3.61. The molecule has 1 saturated carbocycles. The lowest BCUT2D eigenvalue weighted by Gasteiger charge is -2.36. The van der Waals surface area contributed by atoms with Crippen LogP contribution in [-0.4, -0.2) is 23.2 Å². The molecule has 5 heteroatoms. The lowest BCUT2D eigenvalue weighted by Crippen LogP contribution is -2.48. The number of benzene rings is 1. The van der Waals surface area contributed by atoms with Gasteiger partial charge in [-0.1, -0.05) is 6.07 Å². The molecule has 0 heterocycles. The van der Waals surface area contributed by atoms with Gasteiger partial charge in [0.1, 0.15) is 11.6 Å². The van der Waals surface area contributed by atoms with E-state index in [1.165, 1.54) is 6.07 Å². The molecular formula is C13H15F2NO2. The lowest BCUT2D eigenvalue weighted by molar-refractivity contribution is -0.122. The summed E-state index contributed by atoms with van der Waals surface area (Å²) in [6.45, 7) is 0.189. The van der Waals surface area contributed by atoms with Crippen molar-refractivity contribution < 1.29 is 18.7 Å². The zero-order chi connectivity index (χ0) is 13.2. The Balaban J connectivity index is 1.87. The van der Waals surface area contributed by atoms with Crippen molar-refractivity contribution in [2.24, 2.45) is 0 Å². The minimum Gasteiger partial charge on any atom is -0.388 e. The predicted octanol–water partition coefficient (Wildman–Crippen LogP) is 1.54. The largest absolute Gasteiger partial charge is 0.388 e. The highest BCUT2D eigenvalue weighted by Gasteiger charge is 2.34. The van der Waals surface area contributed by atoms with Crippen LogP contribution in [-0.2, 0) is 11.2 Å². The first-order chi connectivity index (χ1) is 8.48. The third-order valence-electron chi connectivity index (χ3n) is 3.27. The van der Waals surface area contributed by atoms with Gasteiger partial charge in [0.15, 0.2) is 0 Å². The number of hydrogen-bond donors (Lipinski definition) is 2. The van der Waals surface area contributed by atoms with Crippen LogP contribution in [0.5, 0.6) is 0 Å². The summed E-state index contributed by atoms with van der Waals surface area (Å²) < 4.78 is 26.0. The maximum absolute atomic E-state index is 13.3. The molecule has 0 aliphatic heterocycles. The number of aliphatic hydroxyl groups is 1. The molecule has 1 amide bonds. The number of carbonyl (C=O) groups is 1. The highest BCUT2D eigenvalue weighted by Crippen LogP contribution is 2.30. The topological polar surface area (TPSA) is 49.3 Å². The van der Waals surface area contributed by atoms with Crippen LogP contribution >= 0.6 is 0 Å². The molecule has 1 aromatic carbocycles. The standard InChI is InChI=1S/C13H15F2NO2/c14-10-3-2-9(11(15)7-10)6-12(17)16-8-13(18)4-1-5-13/h2-3,7,18H,1,4-6,8H2,(H,16,17). The second-order valence-electron chi connectivity index (χ2n) is 4.77. The molecule has 1 fully saturated rings. The average Bonchev–Trinajstić information content (AvgIpc) is 2.28. The molecule has 0 atom stereocenters. The number of hydrogen-bond acceptors (Lipinski definition) is 2. The summed E-state index contributed by atoms with van der Waals surface area (Å²) in [5.41, 5.74) is -0.647. The Bertz CT molecular complexity index is 458. The fraction of sp³-hybridized carbons (Fsp3) is 0.462. The zero-order valence-electron chi connectivity index (χ0n) is 9.88. The van der Waals surface area contributed by atoms with Gasteiger partial charge in [-0.25, -0.2) is 8.78 Å². The molecule has 2 rings (SSSR count). The van der Waals surface area contributed by atoms with Gasteiger partial charge in [-0.05, 0) is 30.9 Å². The van der Waals surface area contributed by atoms with Crippen LogP contribution in [0.15, 0.2) is 18.2 Å². The van der Waals surface area contributed by atoms with E-state index in [2.05, 4.69) is 5.32 Å². The lowest BCUT2D eigenvalue weighted by atomic mass is 9.80. The van der Waals surface area contributed by atoms with Crippen molar-refractivity contribution in [1.29, 1.82) is 0 Å². The Morgan fingerprint density at radius 1 is 1.39 bits per heavy atom. The molecule has 2 N–H and O–H groups in total. The van der Waals surface area contributed by atoms with E-state index in [1.54, 1.807) is 0 Å². The van der Waals surface area contributed by atoms with Crippen LogP contribution in [0, 0.1) is 11.6 Å². The SMILES string of the molecule is O=C(Cc1ccc(F)cc1F)NCC1(O)CCC1. The third-order valence-corrected chi connectivity index (χ3v) is 3.27. The van der Waals surface area contributed by atoms with E-state index in [4.69, 9.17) is 0 Å². The first-order valence-corrected chi connectivity index (χ1v) is 5.92. The summed E-state index contributed by atoms with van der Waals surface area (Å²) in [6.07, 6.45) is 2.16. The van der Waals surface area contributed by atoms with E-state index in [9.17, 15) is 18.7 Å². The molecular weight excluding hydrogens is 240 g/mol. The fourth-order valence-corrected chi connectivity index (χ4v) is 1.93. The third kappa shape index (κ3) is 3.04. The van der Waals surface area contributed by atoms with Gasteiger partial charge < -0.3 is 10.4 Å². The number of rotatable bonds is 4. The summed E-state index contributed by atoms with van der Waals surface area (Å²) in [7, 11) is 0. The van der Waals surface area contributed by atoms with E-state index in [1.807, 2.05) is 0 Å². The van der Waals surface area contributed by atoms with Crippen LogP contribution in [0.1, 0.15) is 24.8 Å². The van der Waals surface area contributed by atoms with Crippen molar-refractivity contribution in [3.05, 3.63) is 35.4 Å². The van der Waals surface area contributed by atoms with E-state index in [0.29, 0.717) is 12.8 Å². The normalized spacial score (nSPS) is 17.1. The van der Waals surface area contributed by atoms with Gasteiger partial charge in [0.05, 0.1) is 12.0 Å². The molecule has 0 radical (unpaired) electrons. The fourth-order valence-electron chi connectivity index (χ4n) is 1.93. The molecule has 0 spiro atoms. The second kappa shape index (κ2) is 5.02. The van der Waals surface area contributed by atoms with Crippen molar-refractivity contribution >= 4 is 5.91 Å². The summed E-state index contributed by atoms with van der Waals surface area (Å²) in [4.78, 5) is 11.6. The molecule has 0 bridgehead atoms. The van der Waals surface area contributed by atoms with Crippen molar-refractivity contribution in [3.8, 4) is 0 Å². The van der Waals surface area contributed by atoms with Crippen molar-refractivity contribution in [2.45, 2.75) is 31.3 Å². The maximum Gasteiger partial charge on any atom is 0.224 e. The second-order valence-corrected chi connectivity index (χ2v) is 4.77. The molecule has 1 aromatic rings. The zero-order valence-corrected chi connectivity index (χ0v) is 9.88. The van der Waals surface area contributed by atoms with Gasteiger partial charge in [0.2, 0.25) is 5.91 Å². The number of halogens is 2. The van der Waals surface area contributed by atoms with Gasteiger partial charge in [-0.15, -0.1) is 0 Å². The smallest absolute Gasteiger partial charge is 0.224 e. The van der Waals surface area contributed by atoms with E-state index >= 15 is 0 Å². The summed E-state index contributed by atoms with van der Waals surface area (Å²) >= 11 is 0. The van der Waals surface area contributed by atoms with Crippen molar-refractivity contribution in [2.75, 3.05) is 6.54 Å².